The van der Waals surface area contributed by atoms with Crippen molar-refractivity contribution in [3.05, 3.63) is 95.0 Å². The SMILES string of the molecule is O=C(COC(=O)c1ccccc1OCCOc1ccccc1)c1cccc(Cl)c1. The molecular formula is C23H19ClO5. The van der Waals surface area contributed by atoms with Gasteiger partial charge in [0.15, 0.2) is 12.4 Å². The maximum Gasteiger partial charge on any atom is 0.342 e. The van der Waals surface area contributed by atoms with E-state index in [9.17, 15) is 9.59 Å². The average Bonchev–Trinajstić information content (AvgIpc) is 2.76. The first-order chi connectivity index (χ1) is 14.1. The lowest BCUT2D eigenvalue weighted by atomic mass is 10.1. The van der Waals surface area contributed by atoms with Crippen LogP contribution < -0.4 is 9.47 Å². The number of ketones is 1. The smallest absolute Gasteiger partial charge is 0.342 e. The molecule has 0 aliphatic carbocycles. The van der Waals surface area contributed by atoms with E-state index in [1.807, 2.05) is 30.3 Å². The lowest BCUT2D eigenvalue weighted by Crippen LogP contribution is -2.16. The molecule has 0 aliphatic rings. The van der Waals surface area contributed by atoms with Gasteiger partial charge in [0.25, 0.3) is 0 Å². The first-order valence-electron chi connectivity index (χ1n) is 8.99. The molecule has 6 heteroatoms. The van der Waals surface area contributed by atoms with Crippen LogP contribution >= 0.6 is 11.6 Å². The predicted octanol–water partition coefficient (Wildman–Crippen LogP) is 4.84. The maximum atomic E-state index is 12.4. The fraction of sp³-hybridized carbons (Fsp3) is 0.130. The molecule has 0 radical (unpaired) electrons. The summed E-state index contributed by atoms with van der Waals surface area (Å²) in [5.74, 6) is 0.128. The highest BCUT2D eigenvalue weighted by Gasteiger charge is 2.16. The van der Waals surface area contributed by atoms with Gasteiger partial charge >= 0.3 is 5.97 Å². The fourth-order valence-electron chi connectivity index (χ4n) is 2.54. The van der Waals surface area contributed by atoms with Crippen molar-refractivity contribution in [2.75, 3.05) is 19.8 Å². The van der Waals surface area contributed by atoms with Crippen LogP contribution in [0, 0.1) is 0 Å². The van der Waals surface area contributed by atoms with Gasteiger partial charge in [-0.1, -0.05) is 54.1 Å². The van der Waals surface area contributed by atoms with E-state index in [4.69, 9.17) is 25.8 Å². The van der Waals surface area contributed by atoms with Gasteiger partial charge in [0.1, 0.15) is 30.3 Å². The van der Waals surface area contributed by atoms with E-state index < -0.39 is 5.97 Å². The van der Waals surface area contributed by atoms with E-state index in [0.717, 1.165) is 5.75 Å². The Balaban J connectivity index is 1.53. The first-order valence-corrected chi connectivity index (χ1v) is 9.37. The van der Waals surface area contributed by atoms with Crippen molar-refractivity contribution in [3.63, 3.8) is 0 Å². The normalized spacial score (nSPS) is 10.2. The molecule has 0 fully saturated rings. The van der Waals surface area contributed by atoms with Crippen LogP contribution in [-0.2, 0) is 4.74 Å². The molecule has 0 saturated heterocycles. The molecule has 0 aromatic heterocycles. The molecule has 0 atom stereocenters. The Hall–Kier alpha value is -3.31. The van der Waals surface area contributed by atoms with Crippen LogP contribution in [0.4, 0.5) is 0 Å². The number of benzene rings is 3. The molecule has 0 unspecified atom stereocenters. The Morgan fingerprint density at radius 3 is 2.31 bits per heavy atom. The van der Waals surface area contributed by atoms with Crippen molar-refractivity contribution >= 4 is 23.4 Å². The Bertz CT molecular complexity index is 972. The Morgan fingerprint density at radius 2 is 1.52 bits per heavy atom. The topological polar surface area (TPSA) is 61.8 Å². The van der Waals surface area contributed by atoms with E-state index in [1.165, 1.54) is 6.07 Å². The van der Waals surface area contributed by atoms with Gasteiger partial charge in [-0.3, -0.25) is 4.79 Å². The van der Waals surface area contributed by atoms with Crippen LogP contribution in [0.15, 0.2) is 78.9 Å². The third kappa shape index (κ3) is 6.09. The third-order valence-electron chi connectivity index (χ3n) is 3.94. The number of halogens is 1. The van der Waals surface area contributed by atoms with Gasteiger partial charge in [0, 0.05) is 10.6 Å². The molecule has 148 valence electrons. The van der Waals surface area contributed by atoms with Crippen molar-refractivity contribution in [2.24, 2.45) is 0 Å². The zero-order chi connectivity index (χ0) is 20.5. The van der Waals surface area contributed by atoms with Gasteiger partial charge in [0.2, 0.25) is 0 Å². The number of rotatable bonds is 9. The monoisotopic (exact) mass is 410 g/mol. The van der Waals surface area contributed by atoms with E-state index >= 15 is 0 Å². The van der Waals surface area contributed by atoms with Crippen LogP contribution in [0.5, 0.6) is 11.5 Å². The van der Waals surface area contributed by atoms with E-state index in [1.54, 1.807) is 42.5 Å². The van der Waals surface area contributed by atoms with Gasteiger partial charge in [-0.05, 0) is 36.4 Å². The minimum atomic E-state index is -0.639. The zero-order valence-corrected chi connectivity index (χ0v) is 16.3. The number of hydrogen-bond acceptors (Lipinski definition) is 5. The van der Waals surface area contributed by atoms with Gasteiger partial charge in [0.05, 0.1) is 0 Å². The van der Waals surface area contributed by atoms with Crippen LogP contribution in [0.25, 0.3) is 0 Å². The number of carbonyl (C=O) groups is 2. The number of carbonyl (C=O) groups excluding carboxylic acids is 2. The average molecular weight is 411 g/mol. The van der Waals surface area contributed by atoms with Crippen molar-refractivity contribution in [1.82, 2.24) is 0 Å². The minimum absolute atomic E-state index is 0.242. The lowest BCUT2D eigenvalue weighted by molar-refractivity contribution is 0.0470. The highest BCUT2D eigenvalue weighted by atomic mass is 35.5. The summed E-state index contributed by atoms with van der Waals surface area (Å²) in [5, 5.41) is 0.443. The highest BCUT2D eigenvalue weighted by molar-refractivity contribution is 6.31. The summed E-state index contributed by atoms with van der Waals surface area (Å²) in [5.41, 5.74) is 0.624. The van der Waals surface area contributed by atoms with Crippen molar-refractivity contribution < 1.29 is 23.8 Å². The standard InChI is InChI=1S/C23H19ClO5/c24-18-8-6-7-17(15-18)21(25)16-29-23(26)20-11-4-5-12-22(20)28-14-13-27-19-9-2-1-3-10-19/h1-12,15H,13-14,16H2. The zero-order valence-electron chi connectivity index (χ0n) is 15.5. The molecule has 0 spiro atoms. The molecule has 0 aliphatic heterocycles. The number of ether oxygens (including phenoxy) is 3. The Morgan fingerprint density at radius 1 is 0.793 bits per heavy atom. The molecule has 0 amide bonds. The summed E-state index contributed by atoms with van der Waals surface area (Å²) in [6, 6.07) is 22.5. The molecule has 3 aromatic carbocycles. The Kier molecular flexibility index (Phi) is 7.25. The van der Waals surface area contributed by atoms with Crippen LogP contribution in [0.3, 0.4) is 0 Å². The fourth-order valence-corrected chi connectivity index (χ4v) is 2.73. The second kappa shape index (κ2) is 10.3. The largest absolute Gasteiger partial charge is 0.490 e. The molecule has 0 saturated carbocycles. The summed E-state index contributed by atoms with van der Waals surface area (Å²) in [4.78, 5) is 24.6. The quantitative estimate of drug-likeness (QED) is 0.287. The second-order valence-electron chi connectivity index (χ2n) is 6.02. The second-order valence-corrected chi connectivity index (χ2v) is 6.45. The summed E-state index contributed by atoms with van der Waals surface area (Å²) in [6.07, 6.45) is 0. The van der Waals surface area contributed by atoms with Gasteiger partial charge in [-0.15, -0.1) is 0 Å². The predicted molar refractivity (Wildman–Crippen MR) is 110 cm³/mol. The summed E-state index contributed by atoms with van der Waals surface area (Å²) in [6.45, 7) is 0.186. The van der Waals surface area contributed by atoms with Crippen molar-refractivity contribution in [1.29, 1.82) is 0 Å². The molecule has 29 heavy (non-hydrogen) atoms. The third-order valence-corrected chi connectivity index (χ3v) is 4.18. The van der Waals surface area contributed by atoms with Crippen LogP contribution in [0.1, 0.15) is 20.7 Å². The van der Waals surface area contributed by atoms with Gasteiger partial charge in [-0.2, -0.15) is 0 Å². The lowest BCUT2D eigenvalue weighted by Gasteiger charge is -2.12. The molecule has 0 bridgehead atoms. The number of Topliss-reactive ketones (excluding diaryl/α,β-unsaturated/α-hetero) is 1. The maximum absolute atomic E-state index is 12.4. The first kappa shape index (κ1) is 20.4. The van der Waals surface area contributed by atoms with E-state index in [0.29, 0.717) is 22.9 Å². The Labute approximate surface area is 173 Å². The highest BCUT2D eigenvalue weighted by Crippen LogP contribution is 2.19. The van der Waals surface area contributed by atoms with Gasteiger partial charge < -0.3 is 14.2 Å². The van der Waals surface area contributed by atoms with Crippen LogP contribution in [-0.4, -0.2) is 31.6 Å². The molecule has 0 heterocycles. The molecular weight excluding hydrogens is 392 g/mol. The minimum Gasteiger partial charge on any atom is -0.490 e. The summed E-state index contributed by atoms with van der Waals surface area (Å²) in [7, 11) is 0. The summed E-state index contributed by atoms with van der Waals surface area (Å²) < 4.78 is 16.4. The van der Waals surface area contributed by atoms with Crippen LogP contribution in [0.2, 0.25) is 5.02 Å². The summed E-state index contributed by atoms with van der Waals surface area (Å²) >= 11 is 5.88. The van der Waals surface area contributed by atoms with Crippen molar-refractivity contribution in [3.8, 4) is 11.5 Å². The van der Waals surface area contributed by atoms with Crippen molar-refractivity contribution in [2.45, 2.75) is 0 Å². The van der Waals surface area contributed by atoms with Gasteiger partial charge in [-0.25, -0.2) is 4.79 Å². The number of esters is 1. The number of hydrogen-bond donors (Lipinski definition) is 0. The number of para-hydroxylation sites is 2. The van der Waals surface area contributed by atoms with E-state index in [-0.39, 0.29) is 24.6 Å². The molecule has 3 rings (SSSR count). The molecule has 0 N–H and O–H groups in total. The van der Waals surface area contributed by atoms with E-state index in [2.05, 4.69) is 0 Å². The molecule has 3 aromatic rings. The molecule has 5 nitrogen and oxygen atoms in total.